The van der Waals surface area contributed by atoms with Gasteiger partial charge < -0.3 is 0 Å². The Balaban J connectivity index is 2.15. The van der Waals surface area contributed by atoms with E-state index in [-0.39, 0.29) is 5.82 Å². The molecule has 0 aliphatic carbocycles. The molecule has 3 rings (SSSR count). The van der Waals surface area contributed by atoms with Gasteiger partial charge in [-0.05, 0) is 23.6 Å². The Hall–Kier alpha value is -2.27. The zero-order valence-corrected chi connectivity index (χ0v) is 10.6. The Morgan fingerprint density at radius 3 is 2.74 bits per heavy atom. The lowest BCUT2D eigenvalue weighted by molar-refractivity contribution is 0.112. The van der Waals surface area contributed by atoms with E-state index in [2.05, 4.69) is 5.10 Å². The molecule has 0 atom stereocenters. The Morgan fingerprint density at radius 1 is 1.21 bits per heavy atom. The van der Waals surface area contributed by atoms with Crippen LogP contribution in [-0.2, 0) is 0 Å². The van der Waals surface area contributed by atoms with Crippen LogP contribution in [0.3, 0.4) is 0 Å². The zero-order chi connectivity index (χ0) is 13.2. The summed E-state index contributed by atoms with van der Waals surface area (Å²) in [5.41, 5.74) is 1.35. The summed E-state index contributed by atoms with van der Waals surface area (Å²) in [4.78, 5) is 12.0. The molecule has 0 aliphatic heterocycles. The Labute approximate surface area is 112 Å². The summed E-state index contributed by atoms with van der Waals surface area (Å²) in [5, 5.41) is 6.22. The van der Waals surface area contributed by atoms with Crippen LogP contribution < -0.4 is 0 Å². The van der Waals surface area contributed by atoms with Crippen LogP contribution >= 0.6 is 11.3 Å². The smallest absolute Gasteiger partial charge is 0.153 e. The van der Waals surface area contributed by atoms with Crippen molar-refractivity contribution in [3.8, 4) is 16.3 Å². The number of aldehydes is 1. The van der Waals surface area contributed by atoms with Gasteiger partial charge >= 0.3 is 0 Å². The number of hydrogen-bond acceptors (Lipinski definition) is 3. The Kier molecular flexibility index (Phi) is 2.97. The van der Waals surface area contributed by atoms with Crippen molar-refractivity contribution in [2.75, 3.05) is 0 Å². The summed E-state index contributed by atoms with van der Waals surface area (Å²) in [7, 11) is 0. The lowest BCUT2D eigenvalue weighted by Gasteiger charge is -2.01. The van der Waals surface area contributed by atoms with Gasteiger partial charge in [-0.25, -0.2) is 9.07 Å². The third-order valence-electron chi connectivity index (χ3n) is 2.72. The molecule has 1 aromatic carbocycles. The van der Waals surface area contributed by atoms with Crippen molar-refractivity contribution in [3.63, 3.8) is 0 Å². The maximum absolute atomic E-state index is 13.7. The van der Waals surface area contributed by atoms with E-state index in [4.69, 9.17) is 0 Å². The molecule has 3 aromatic rings. The van der Waals surface area contributed by atoms with Gasteiger partial charge in [-0.15, -0.1) is 11.3 Å². The van der Waals surface area contributed by atoms with Crippen molar-refractivity contribution in [2.45, 2.75) is 0 Å². The average Bonchev–Trinajstić information content (AvgIpc) is 3.08. The van der Waals surface area contributed by atoms with Crippen LogP contribution in [-0.4, -0.2) is 16.1 Å². The molecule has 0 N–H and O–H groups in total. The number of hydrogen-bond donors (Lipinski definition) is 0. The molecule has 19 heavy (non-hydrogen) atoms. The first-order valence-corrected chi connectivity index (χ1v) is 6.51. The second-order valence-electron chi connectivity index (χ2n) is 3.92. The molecule has 0 spiro atoms. The summed E-state index contributed by atoms with van der Waals surface area (Å²) in [5.74, 6) is -0.375. The number of nitrogens with zero attached hydrogens (tertiary/aromatic N) is 2. The quantitative estimate of drug-likeness (QED) is 0.683. The molecule has 2 aromatic heterocycles. The highest BCUT2D eigenvalue weighted by atomic mass is 32.1. The molecule has 94 valence electrons. The predicted molar refractivity (Wildman–Crippen MR) is 72.2 cm³/mol. The van der Waals surface area contributed by atoms with E-state index >= 15 is 0 Å². The molecule has 5 heteroatoms. The topological polar surface area (TPSA) is 34.9 Å². The van der Waals surface area contributed by atoms with Crippen molar-refractivity contribution in [2.24, 2.45) is 0 Å². The molecule has 0 unspecified atom stereocenters. The van der Waals surface area contributed by atoms with Crippen LogP contribution in [0.2, 0.25) is 0 Å². The fraction of sp³-hybridized carbons (Fsp3) is 0. The van der Waals surface area contributed by atoms with Crippen LogP contribution in [0.4, 0.5) is 4.39 Å². The van der Waals surface area contributed by atoms with Crippen molar-refractivity contribution >= 4 is 17.6 Å². The first-order chi connectivity index (χ1) is 9.29. The largest absolute Gasteiger partial charge is 0.298 e. The monoisotopic (exact) mass is 272 g/mol. The maximum atomic E-state index is 13.7. The molecule has 3 nitrogen and oxygen atoms in total. The molecule has 0 saturated heterocycles. The van der Waals surface area contributed by atoms with Crippen LogP contribution in [0.5, 0.6) is 0 Å². The van der Waals surface area contributed by atoms with Gasteiger partial charge in [-0.3, -0.25) is 4.79 Å². The average molecular weight is 272 g/mol. The van der Waals surface area contributed by atoms with Gasteiger partial charge in [-0.1, -0.05) is 18.2 Å². The van der Waals surface area contributed by atoms with Crippen molar-refractivity contribution in [1.29, 1.82) is 0 Å². The Morgan fingerprint density at radius 2 is 2.05 bits per heavy atom. The summed E-state index contributed by atoms with van der Waals surface area (Å²) in [6, 6.07) is 10.1. The number of thiophene rings is 1. The summed E-state index contributed by atoms with van der Waals surface area (Å²) in [6.45, 7) is 0. The minimum Gasteiger partial charge on any atom is -0.298 e. The van der Waals surface area contributed by atoms with Crippen LogP contribution in [0.1, 0.15) is 10.4 Å². The van der Waals surface area contributed by atoms with Crippen LogP contribution in [0.15, 0.2) is 48.0 Å². The minimum absolute atomic E-state index is 0.327. The number of benzene rings is 1. The van der Waals surface area contributed by atoms with E-state index in [9.17, 15) is 9.18 Å². The molecule has 0 bridgehead atoms. The Bertz CT molecular complexity index is 719. The van der Waals surface area contributed by atoms with E-state index in [1.165, 1.54) is 22.1 Å². The van der Waals surface area contributed by atoms with Gasteiger partial charge in [0.2, 0.25) is 0 Å². The highest BCUT2D eigenvalue weighted by molar-refractivity contribution is 7.13. The number of rotatable bonds is 3. The van der Waals surface area contributed by atoms with E-state index in [1.807, 2.05) is 17.5 Å². The zero-order valence-electron chi connectivity index (χ0n) is 9.79. The number of aromatic nitrogens is 2. The lowest BCUT2D eigenvalue weighted by Crippen LogP contribution is -1.97. The summed E-state index contributed by atoms with van der Waals surface area (Å²) >= 11 is 1.49. The first-order valence-electron chi connectivity index (χ1n) is 5.63. The van der Waals surface area contributed by atoms with Gasteiger partial charge in [-0.2, -0.15) is 5.10 Å². The van der Waals surface area contributed by atoms with Crippen molar-refractivity contribution in [1.82, 2.24) is 9.78 Å². The van der Waals surface area contributed by atoms with Crippen molar-refractivity contribution in [3.05, 3.63) is 59.4 Å². The number of carbonyl (C=O) groups is 1. The third-order valence-corrected chi connectivity index (χ3v) is 3.60. The fourth-order valence-corrected chi connectivity index (χ4v) is 2.57. The third kappa shape index (κ3) is 2.08. The van der Waals surface area contributed by atoms with E-state index in [1.54, 1.807) is 24.4 Å². The fourth-order valence-electron chi connectivity index (χ4n) is 1.84. The molecule has 0 aliphatic rings. The highest BCUT2D eigenvalue weighted by Crippen LogP contribution is 2.27. The molecular weight excluding hydrogens is 263 g/mol. The normalized spacial score (nSPS) is 10.6. The van der Waals surface area contributed by atoms with Crippen LogP contribution in [0.25, 0.3) is 16.3 Å². The van der Waals surface area contributed by atoms with Gasteiger partial charge in [0, 0.05) is 6.20 Å². The highest BCUT2D eigenvalue weighted by Gasteiger charge is 2.13. The first kappa shape index (κ1) is 11.8. The summed E-state index contributed by atoms with van der Waals surface area (Å²) < 4.78 is 15.1. The second kappa shape index (κ2) is 4.78. The van der Waals surface area contributed by atoms with E-state index in [0.717, 1.165) is 11.2 Å². The molecule has 0 saturated carbocycles. The predicted octanol–water partition coefficient (Wildman–Crippen LogP) is 3.55. The molecule has 0 fully saturated rings. The lowest BCUT2D eigenvalue weighted by atomic mass is 10.2. The van der Waals surface area contributed by atoms with Gasteiger partial charge in [0.1, 0.15) is 17.2 Å². The number of halogens is 1. The standard InChI is InChI=1S/C14H9FN2OS/c15-11-4-1-2-5-12(11)17-8-10(9-18)14(16-17)13-6-3-7-19-13/h1-9H. The van der Waals surface area contributed by atoms with Crippen molar-refractivity contribution < 1.29 is 9.18 Å². The molecule has 0 radical (unpaired) electrons. The minimum atomic E-state index is -0.375. The van der Waals surface area contributed by atoms with E-state index < -0.39 is 0 Å². The molecular formula is C14H9FN2OS. The van der Waals surface area contributed by atoms with E-state index in [0.29, 0.717) is 16.9 Å². The van der Waals surface area contributed by atoms with Gasteiger partial charge in [0.05, 0.1) is 10.4 Å². The number of carbonyl (C=O) groups excluding carboxylic acids is 1. The second-order valence-corrected chi connectivity index (χ2v) is 4.87. The van der Waals surface area contributed by atoms with Crippen LogP contribution in [0, 0.1) is 5.82 Å². The SMILES string of the molecule is O=Cc1cn(-c2ccccc2F)nc1-c1cccs1. The molecule has 2 heterocycles. The number of para-hydroxylation sites is 1. The van der Waals surface area contributed by atoms with Gasteiger partial charge in [0.15, 0.2) is 6.29 Å². The molecule has 0 amide bonds. The van der Waals surface area contributed by atoms with Gasteiger partial charge in [0.25, 0.3) is 0 Å². The summed E-state index contributed by atoms with van der Waals surface area (Å²) in [6.07, 6.45) is 2.28. The maximum Gasteiger partial charge on any atom is 0.153 e.